The van der Waals surface area contributed by atoms with Crippen LogP contribution in [0.25, 0.3) is 0 Å². The summed E-state index contributed by atoms with van der Waals surface area (Å²) in [7, 11) is 0. The van der Waals surface area contributed by atoms with E-state index in [0.29, 0.717) is 13.0 Å². The second-order valence-corrected chi connectivity index (χ2v) is 12.2. The number of epoxide rings is 1. The molecular formula is C26H44O11. The molecule has 10 unspecified atom stereocenters. The second-order valence-electron chi connectivity index (χ2n) is 12.2. The smallest absolute Gasteiger partial charge is 0.333 e. The SMILES string of the molecule is C=C(CC(C)(C)C1OC(CO)C(OC2OC(CO)C(C(C)(C)C)CC2O)C(O)C1O)C(=O)OCC1CO1. The van der Waals surface area contributed by atoms with Crippen LogP contribution >= 0.6 is 0 Å². The largest absolute Gasteiger partial charge is 0.459 e. The van der Waals surface area contributed by atoms with Gasteiger partial charge in [0.15, 0.2) is 6.29 Å². The van der Waals surface area contributed by atoms with E-state index >= 15 is 0 Å². The Labute approximate surface area is 218 Å². The maximum absolute atomic E-state index is 12.3. The number of hydrogen-bond acceptors (Lipinski definition) is 11. The van der Waals surface area contributed by atoms with E-state index in [4.69, 9.17) is 23.7 Å². The van der Waals surface area contributed by atoms with Crippen LogP contribution in [0.15, 0.2) is 12.2 Å². The van der Waals surface area contributed by atoms with Crippen LogP contribution in [-0.4, -0.2) is 113 Å². The lowest BCUT2D eigenvalue weighted by Crippen LogP contribution is -2.64. The zero-order valence-electron chi connectivity index (χ0n) is 22.4. The van der Waals surface area contributed by atoms with Crippen molar-refractivity contribution in [3.05, 3.63) is 12.2 Å². The van der Waals surface area contributed by atoms with Crippen molar-refractivity contribution < 1.29 is 54.0 Å². The number of ether oxygens (including phenoxy) is 5. The predicted octanol–water partition coefficient (Wildman–Crippen LogP) is -0.102. The van der Waals surface area contributed by atoms with Gasteiger partial charge in [0.25, 0.3) is 0 Å². The third kappa shape index (κ3) is 7.28. The molecule has 37 heavy (non-hydrogen) atoms. The number of aliphatic hydroxyl groups excluding tert-OH is 5. The molecule has 0 spiro atoms. The van der Waals surface area contributed by atoms with Crippen LogP contribution in [0.2, 0.25) is 0 Å². The molecule has 3 fully saturated rings. The van der Waals surface area contributed by atoms with Crippen LogP contribution in [0.1, 0.15) is 47.5 Å². The number of carbonyl (C=O) groups is 1. The molecule has 11 nitrogen and oxygen atoms in total. The first kappa shape index (κ1) is 30.4. The van der Waals surface area contributed by atoms with Gasteiger partial charge in [-0.25, -0.2) is 4.79 Å². The summed E-state index contributed by atoms with van der Waals surface area (Å²) in [4.78, 5) is 12.3. The van der Waals surface area contributed by atoms with Crippen molar-refractivity contribution in [2.24, 2.45) is 16.7 Å². The van der Waals surface area contributed by atoms with Crippen molar-refractivity contribution in [1.29, 1.82) is 0 Å². The Hall–Kier alpha value is -1.15. The molecule has 3 aliphatic heterocycles. The van der Waals surface area contributed by atoms with Gasteiger partial charge in [-0.1, -0.05) is 41.2 Å². The van der Waals surface area contributed by atoms with E-state index in [2.05, 4.69) is 6.58 Å². The number of esters is 1. The molecule has 3 saturated heterocycles. The summed E-state index contributed by atoms with van der Waals surface area (Å²) in [5.41, 5.74) is -0.942. The highest BCUT2D eigenvalue weighted by Gasteiger charge is 2.52. The van der Waals surface area contributed by atoms with E-state index in [1.54, 1.807) is 13.8 Å². The number of hydrogen-bond donors (Lipinski definition) is 5. The number of aliphatic hydroxyl groups is 5. The van der Waals surface area contributed by atoms with E-state index in [9.17, 15) is 30.3 Å². The first-order valence-electron chi connectivity index (χ1n) is 12.9. The lowest BCUT2D eigenvalue weighted by atomic mass is 9.73. The fourth-order valence-electron chi connectivity index (χ4n) is 5.30. The second kappa shape index (κ2) is 11.9. The van der Waals surface area contributed by atoms with E-state index in [-0.39, 0.29) is 42.6 Å². The molecule has 0 aromatic rings. The normalized spacial score (nSPS) is 38.8. The molecule has 214 valence electrons. The predicted molar refractivity (Wildman–Crippen MR) is 130 cm³/mol. The zero-order chi connectivity index (χ0) is 27.7. The van der Waals surface area contributed by atoms with Gasteiger partial charge < -0.3 is 49.2 Å². The van der Waals surface area contributed by atoms with Crippen molar-refractivity contribution in [1.82, 2.24) is 0 Å². The molecule has 0 aliphatic carbocycles. The van der Waals surface area contributed by atoms with Gasteiger partial charge in [-0.2, -0.15) is 0 Å². The van der Waals surface area contributed by atoms with Crippen molar-refractivity contribution in [3.63, 3.8) is 0 Å². The van der Waals surface area contributed by atoms with Crippen LogP contribution < -0.4 is 0 Å². The van der Waals surface area contributed by atoms with E-state index in [1.807, 2.05) is 20.8 Å². The van der Waals surface area contributed by atoms with E-state index < -0.39 is 67.0 Å². The highest BCUT2D eigenvalue weighted by molar-refractivity contribution is 5.87. The lowest BCUT2D eigenvalue weighted by molar-refractivity contribution is -0.332. The minimum Gasteiger partial charge on any atom is -0.459 e. The average Bonchev–Trinajstić information content (AvgIpc) is 3.64. The Kier molecular flexibility index (Phi) is 9.80. The first-order chi connectivity index (χ1) is 17.2. The summed E-state index contributed by atoms with van der Waals surface area (Å²) in [6.07, 6.45) is -8.72. The summed E-state index contributed by atoms with van der Waals surface area (Å²) >= 11 is 0. The maximum atomic E-state index is 12.3. The molecular weight excluding hydrogens is 488 g/mol. The summed E-state index contributed by atoms with van der Waals surface area (Å²) in [6, 6.07) is 0. The summed E-state index contributed by atoms with van der Waals surface area (Å²) in [6.45, 7) is 13.2. The van der Waals surface area contributed by atoms with Crippen molar-refractivity contribution >= 4 is 5.97 Å². The topological polar surface area (TPSA) is 168 Å². The van der Waals surface area contributed by atoms with Crippen LogP contribution in [-0.2, 0) is 28.5 Å². The maximum Gasteiger partial charge on any atom is 0.333 e. The number of carbonyl (C=O) groups excluding carboxylic acids is 1. The molecule has 11 heteroatoms. The quantitative estimate of drug-likeness (QED) is 0.145. The van der Waals surface area contributed by atoms with Gasteiger partial charge in [0, 0.05) is 5.57 Å². The van der Waals surface area contributed by atoms with Gasteiger partial charge in [-0.05, 0) is 29.6 Å². The molecule has 0 bridgehead atoms. The van der Waals surface area contributed by atoms with Gasteiger partial charge in [-0.15, -0.1) is 0 Å². The van der Waals surface area contributed by atoms with Gasteiger partial charge in [-0.3, -0.25) is 0 Å². The fraction of sp³-hybridized carbons (Fsp3) is 0.885. The van der Waals surface area contributed by atoms with E-state index in [0.717, 1.165) is 0 Å². The Bertz CT molecular complexity index is 788. The van der Waals surface area contributed by atoms with Crippen molar-refractivity contribution in [3.8, 4) is 0 Å². The molecule has 0 saturated carbocycles. The molecule has 3 heterocycles. The molecule has 0 amide bonds. The van der Waals surface area contributed by atoms with Gasteiger partial charge >= 0.3 is 5.97 Å². The Morgan fingerprint density at radius 2 is 1.62 bits per heavy atom. The van der Waals surface area contributed by atoms with Gasteiger partial charge in [0.2, 0.25) is 0 Å². The summed E-state index contributed by atoms with van der Waals surface area (Å²) < 4.78 is 28.0. The summed E-state index contributed by atoms with van der Waals surface area (Å²) in [5.74, 6) is -0.717. The Balaban J connectivity index is 1.66. The average molecular weight is 533 g/mol. The van der Waals surface area contributed by atoms with Crippen LogP contribution in [0.4, 0.5) is 0 Å². The third-order valence-corrected chi connectivity index (χ3v) is 7.55. The van der Waals surface area contributed by atoms with E-state index in [1.165, 1.54) is 0 Å². The highest BCUT2D eigenvalue weighted by atomic mass is 16.7. The van der Waals surface area contributed by atoms with Gasteiger partial charge in [0.05, 0.1) is 32.0 Å². The fourth-order valence-corrected chi connectivity index (χ4v) is 5.30. The standard InChI is InChI=1S/C26H44O11/c1-13(23(32)34-12-14-11-33-14)8-26(5,6)22-20(31)19(30)21(18(10-28)35-22)37-24-16(29)7-15(25(2,3)4)17(9-27)36-24/h14-22,24,27-31H,1,7-12H2,2-6H3. The number of rotatable bonds is 10. The minimum absolute atomic E-state index is 0.0793. The molecule has 10 atom stereocenters. The lowest BCUT2D eigenvalue weighted by Gasteiger charge is -2.50. The van der Waals surface area contributed by atoms with Crippen molar-refractivity contribution in [2.45, 2.75) is 103 Å². The molecule has 5 N–H and O–H groups in total. The highest BCUT2D eigenvalue weighted by Crippen LogP contribution is 2.41. The molecule has 0 aromatic heterocycles. The minimum atomic E-state index is -1.49. The first-order valence-corrected chi connectivity index (χ1v) is 12.9. The van der Waals surface area contributed by atoms with Crippen molar-refractivity contribution in [2.75, 3.05) is 26.4 Å². The van der Waals surface area contributed by atoms with Crippen LogP contribution in [0.5, 0.6) is 0 Å². The van der Waals surface area contributed by atoms with Crippen LogP contribution in [0, 0.1) is 16.7 Å². The summed E-state index contributed by atoms with van der Waals surface area (Å²) in [5, 5.41) is 52.6. The molecule has 0 radical (unpaired) electrons. The monoisotopic (exact) mass is 532 g/mol. The molecule has 3 rings (SSSR count). The van der Waals surface area contributed by atoms with Crippen LogP contribution in [0.3, 0.4) is 0 Å². The zero-order valence-corrected chi connectivity index (χ0v) is 22.4. The third-order valence-electron chi connectivity index (χ3n) is 7.55. The Morgan fingerprint density at radius 1 is 1.00 bits per heavy atom. The molecule has 0 aromatic carbocycles. The Morgan fingerprint density at radius 3 is 2.16 bits per heavy atom. The van der Waals surface area contributed by atoms with Gasteiger partial charge in [0.1, 0.15) is 43.2 Å². The molecule has 3 aliphatic rings.